The van der Waals surface area contributed by atoms with Crippen LogP contribution in [0.5, 0.6) is 0 Å². The number of nitriles is 1. The van der Waals surface area contributed by atoms with Crippen LogP contribution < -0.4 is 5.32 Å². The summed E-state index contributed by atoms with van der Waals surface area (Å²) in [5.74, 6) is 0. The number of rotatable bonds is 3. The van der Waals surface area contributed by atoms with Crippen LogP contribution in [0.4, 0.5) is 5.69 Å². The number of anilines is 1. The van der Waals surface area contributed by atoms with Crippen LogP contribution in [0.2, 0.25) is 0 Å². The molecular weight excluding hydrogens is 276 g/mol. The average Bonchev–Trinajstić information content (AvgIpc) is 2.38. The van der Waals surface area contributed by atoms with Gasteiger partial charge in [-0.25, -0.2) is 0 Å². The number of hydrogen-bond donors (Lipinski definition) is 1. The number of benzene rings is 2. The molecule has 0 aliphatic rings. The van der Waals surface area contributed by atoms with Gasteiger partial charge in [0.15, 0.2) is 0 Å². The molecule has 0 saturated heterocycles. The molecular formula is C14H11BrN2. The van der Waals surface area contributed by atoms with Crippen molar-refractivity contribution in [3.8, 4) is 6.07 Å². The Kier molecular flexibility index (Phi) is 3.79. The van der Waals surface area contributed by atoms with Gasteiger partial charge in [-0.1, -0.05) is 46.3 Å². The van der Waals surface area contributed by atoms with E-state index in [2.05, 4.69) is 39.4 Å². The van der Waals surface area contributed by atoms with Crippen LogP contribution in [-0.4, -0.2) is 0 Å². The van der Waals surface area contributed by atoms with Gasteiger partial charge in [-0.15, -0.1) is 0 Å². The van der Waals surface area contributed by atoms with E-state index in [1.807, 2.05) is 30.3 Å². The fourth-order valence-corrected chi connectivity index (χ4v) is 1.91. The molecule has 3 heteroatoms. The van der Waals surface area contributed by atoms with E-state index < -0.39 is 0 Å². The summed E-state index contributed by atoms with van der Waals surface area (Å²) >= 11 is 3.40. The SMILES string of the molecule is N#Cc1ccc(Br)cc1NCc1ccccc1. The minimum absolute atomic E-state index is 0.657. The highest BCUT2D eigenvalue weighted by Crippen LogP contribution is 2.21. The molecule has 0 amide bonds. The molecule has 0 aliphatic carbocycles. The van der Waals surface area contributed by atoms with E-state index in [0.29, 0.717) is 12.1 Å². The zero-order chi connectivity index (χ0) is 12.1. The highest BCUT2D eigenvalue weighted by atomic mass is 79.9. The summed E-state index contributed by atoms with van der Waals surface area (Å²) in [7, 11) is 0. The van der Waals surface area contributed by atoms with Crippen LogP contribution in [0.1, 0.15) is 11.1 Å². The second-order valence-electron chi connectivity index (χ2n) is 3.64. The molecule has 2 aromatic rings. The third kappa shape index (κ3) is 3.08. The first-order valence-electron chi connectivity index (χ1n) is 5.27. The van der Waals surface area contributed by atoms with Gasteiger partial charge in [0.2, 0.25) is 0 Å². The standard InChI is InChI=1S/C14H11BrN2/c15-13-7-6-12(9-16)14(8-13)17-10-11-4-2-1-3-5-11/h1-8,17H,10H2. The Bertz CT molecular complexity index is 544. The van der Waals surface area contributed by atoms with Crippen LogP contribution >= 0.6 is 15.9 Å². The smallest absolute Gasteiger partial charge is 0.101 e. The summed E-state index contributed by atoms with van der Waals surface area (Å²) in [6.07, 6.45) is 0. The monoisotopic (exact) mass is 286 g/mol. The second kappa shape index (κ2) is 5.51. The van der Waals surface area contributed by atoms with E-state index in [1.165, 1.54) is 5.56 Å². The van der Waals surface area contributed by atoms with Crippen LogP contribution in [0.25, 0.3) is 0 Å². The lowest BCUT2D eigenvalue weighted by Crippen LogP contribution is -2.01. The van der Waals surface area contributed by atoms with Gasteiger partial charge >= 0.3 is 0 Å². The predicted molar refractivity (Wildman–Crippen MR) is 72.6 cm³/mol. The molecule has 0 bridgehead atoms. The third-order valence-electron chi connectivity index (χ3n) is 2.43. The molecule has 0 saturated carbocycles. The van der Waals surface area contributed by atoms with Crippen molar-refractivity contribution < 1.29 is 0 Å². The van der Waals surface area contributed by atoms with Crippen LogP contribution in [0.15, 0.2) is 53.0 Å². The van der Waals surface area contributed by atoms with Crippen LogP contribution in [0, 0.1) is 11.3 Å². The van der Waals surface area contributed by atoms with Gasteiger partial charge in [0.25, 0.3) is 0 Å². The summed E-state index contributed by atoms with van der Waals surface area (Å²) in [6, 6.07) is 17.9. The van der Waals surface area contributed by atoms with Crippen molar-refractivity contribution in [1.82, 2.24) is 0 Å². The Balaban J connectivity index is 2.14. The molecule has 2 aromatic carbocycles. The Hall–Kier alpha value is -1.79. The van der Waals surface area contributed by atoms with Crippen LogP contribution in [-0.2, 0) is 6.54 Å². The first-order valence-corrected chi connectivity index (χ1v) is 6.06. The molecule has 0 aromatic heterocycles. The minimum atomic E-state index is 0.657. The molecule has 1 N–H and O–H groups in total. The number of nitrogens with zero attached hydrogens (tertiary/aromatic N) is 1. The van der Waals surface area contributed by atoms with Gasteiger partial charge in [0.1, 0.15) is 6.07 Å². The van der Waals surface area contributed by atoms with Crippen molar-refractivity contribution in [2.75, 3.05) is 5.32 Å². The average molecular weight is 287 g/mol. The normalized spacial score (nSPS) is 9.65. The van der Waals surface area contributed by atoms with E-state index in [4.69, 9.17) is 5.26 Å². The van der Waals surface area contributed by atoms with Gasteiger partial charge < -0.3 is 5.32 Å². The highest BCUT2D eigenvalue weighted by molar-refractivity contribution is 9.10. The van der Waals surface area contributed by atoms with Crippen molar-refractivity contribution in [2.24, 2.45) is 0 Å². The zero-order valence-electron chi connectivity index (χ0n) is 9.15. The van der Waals surface area contributed by atoms with Crippen molar-refractivity contribution in [1.29, 1.82) is 5.26 Å². The van der Waals surface area contributed by atoms with Gasteiger partial charge in [-0.05, 0) is 23.8 Å². The lowest BCUT2D eigenvalue weighted by molar-refractivity contribution is 1.14. The summed E-state index contributed by atoms with van der Waals surface area (Å²) in [6.45, 7) is 0.714. The largest absolute Gasteiger partial charge is 0.380 e. The summed E-state index contributed by atoms with van der Waals surface area (Å²) in [5.41, 5.74) is 2.70. The highest BCUT2D eigenvalue weighted by Gasteiger charge is 2.02. The fraction of sp³-hybridized carbons (Fsp3) is 0.0714. The topological polar surface area (TPSA) is 35.8 Å². The van der Waals surface area contributed by atoms with Crippen molar-refractivity contribution in [2.45, 2.75) is 6.54 Å². The maximum absolute atomic E-state index is 9.00. The van der Waals surface area contributed by atoms with E-state index in [1.54, 1.807) is 6.07 Å². The fourth-order valence-electron chi connectivity index (χ4n) is 1.55. The summed E-state index contributed by atoms with van der Waals surface area (Å²) in [5, 5.41) is 12.3. The second-order valence-corrected chi connectivity index (χ2v) is 4.56. The van der Waals surface area contributed by atoms with E-state index >= 15 is 0 Å². The first kappa shape index (κ1) is 11.7. The molecule has 2 rings (SSSR count). The maximum Gasteiger partial charge on any atom is 0.101 e. The van der Waals surface area contributed by atoms with Crippen molar-refractivity contribution in [3.63, 3.8) is 0 Å². The molecule has 0 heterocycles. The lowest BCUT2D eigenvalue weighted by atomic mass is 10.1. The third-order valence-corrected chi connectivity index (χ3v) is 2.92. The van der Waals surface area contributed by atoms with Gasteiger partial charge in [-0.3, -0.25) is 0 Å². The van der Waals surface area contributed by atoms with Crippen molar-refractivity contribution in [3.05, 3.63) is 64.1 Å². The number of nitrogens with one attached hydrogen (secondary N) is 1. The first-order chi connectivity index (χ1) is 8.29. The van der Waals surface area contributed by atoms with Crippen molar-refractivity contribution >= 4 is 21.6 Å². The molecule has 0 fully saturated rings. The Morgan fingerprint density at radius 2 is 1.88 bits per heavy atom. The molecule has 0 spiro atoms. The van der Waals surface area contributed by atoms with Gasteiger partial charge in [0, 0.05) is 11.0 Å². The molecule has 17 heavy (non-hydrogen) atoms. The van der Waals surface area contributed by atoms with E-state index in [9.17, 15) is 0 Å². The van der Waals surface area contributed by atoms with Gasteiger partial charge in [-0.2, -0.15) is 5.26 Å². The maximum atomic E-state index is 9.00. The lowest BCUT2D eigenvalue weighted by Gasteiger charge is -2.08. The molecule has 0 radical (unpaired) electrons. The molecule has 2 nitrogen and oxygen atoms in total. The predicted octanol–water partition coefficient (Wildman–Crippen LogP) is 3.93. The van der Waals surface area contributed by atoms with Crippen LogP contribution in [0.3, 0.4) is 0 Å². The minimum Gasteiger partial charge on any atom is -0.380 e. The molecule has 0 aliphatic heterocycles. The van der Waals surface area contributed by atoms with Gasteiger partial charge in [0.05, 0.1) is 11.3 Å². The summed E-state index contributed by atoms with van der Waals surface area (Å²) in [4.78, 5) is 0. The Morgan fingerprint density at radius 1 is 1.12 bits per heavy atom. The van der Waals surface area contributed by atoms with E-state index in [0.717, 1.165) is 10.2 Å². The molecule has 0 unspecified atom stereocenters. The Labute approximate surface area is 109 Å². The zero-order valence-corrected chi connectivity index (χ0v) is 10.7. The summed E-state index contributed by atoms with van der Waals surface area (Å²) < 4.78 is 0.965. The molecule has 84 valence electrons. The quantitative estimate of drug-likeness (QED) is 0.928. The Morgan fingerprint density at radius 3 is 2.59 bits per heavy atom. The number of hydrogen-bond acceptors (Lipinski definition) is 2. The van der Waals surface area contributed by atoms with E-state index in [-0.39, 0.29) is 0 Å². The molecule has 0 atom stereocenters. The number of halogens is 1.